The topological polar surface area (TPSA) is 80.0 Å². The van der Waals surface area contributed by atoms with Crippen LogP contribution in [-0.2, 0) is 0 Å². The number of amides is 1. The van der Waals surface area contributed by atoms with Crippen LogP contribution in [0.4, 0.5) is 10.8 Å². The van der Waals surface area contributed by atoms with Crippen LogP contribution in [0.15, 0.2) is 0 Å². The second-order valence-corrected chi connectivity index (χ2v) is 7.09. The molecule has 4 N–H and O–H groups in total. The smallest absolute Gasteiger partial charge is 0.258 e. The first-order valence-corrected chi connectivity index (χ1v) is 8.54. The van der Waals surface area contributed by atoms with E-state index in [1.165, 1.54) is 43.6 Å². The van der Waals surface area contributed by atoms with Crippen LogP contribution in [0.1, 0.15) is 63.2 Å². The molecular formula is C15H26N4OS. The summed E-state index contributed by atoms with van der Waals surface area (Å²) in [5.41, 5.74) is 6.73. The molecule has 0 atom stereocenters. The summed E-state index contributed by atoms with van der Waals surface area (Å²) in [6.07, 6.45) is 6.31. The van der Waals surface area contributed by atoms with E-state index < -0.39 is 0 Å². The zero-order valence-electron chi connectivity index (χ0n) is 13.2. The Kier molecular flexibility index (Phi) is 5.08. The van der Waals surface area contributed by atoms with E-state index in [-0.39, 0.29) is 11.9 Å². The minimum atomic E-state index is -0.143. The van der Waals surface area contributed by atoms with Gasteiger partial charge in [-0.1, -0.05) is 19.8 Å². The predicted molar refractivity (Wildman–Crippen MR) is 88.8 cm³/mol. The summed E-state index contributed by atoms with van der Waals surface area (Å²) >= 11 is 1.28. The van der Waals surface area contributed by atoms with Crippen molar-refractivity contribution in [2.24, 2.45) is 5.41 Å². The van der Waals surface area contributed by atoms with E-state index in [9.17, 15) is 4.79 Å². The molecule has 0 aromatic carbocycles. The number of rotatable bonds is 6. The molecule has 1 aromatic heterocycles. The number of hydrogen-bond acceptors (Lipinski definition) is 5. The third kappa shape index (κ3) is 3.67. The van der Waals surface area contributed by atoms with E-state index in [0.29, 0.717) is 16.8 Å². The Labute approximate surface area is 130 Å². The lowest BCUT2D eigenvalue weighted by molar-refractivity contribution is 0.0945. The van der Waals surface area contributed by atoms with Gasteiger partial charge in [-0.3, -0.25) is 4.79 Å². The zero-order valence-corrected chi connectivity index (χ0v) is 14.0. The van der Waals surface area contributed by atoms with E-state index in [2.05, 4.69) is 21.9 Å². The standard InChI is InChI=1S/C15H26N4OS/c1-4-15(7-5-6-8-15)9-17-14-11(12(16)19-21-14)13(20)18-10(2)3/h10,17H,4-9H2,1-3H3,(H2,16,19)(H,18,20). The van der Waals surface area contributed by atoms with Crippen LogP contribution >= 0.6 is 11.5 Å². The van der Waals surface area contributed by atoms with Gasteiger partial charge in [0.1, 0.15) is 10.6 Å². The number of aromatic nitrogens is 1. The summed E-state index contributed by atoms with van der Waals surface area (Å²) < 4.78 is 4.13. The van der Waals surface area contributed by atoms with Crippen molar-refractivity contribution in [2.75, 3.05) is 17.6 Å². The highest BCUT2D eigenvalue weighted by Crippen LogP contribution is 2.41. The quantitative estimate of drug-likeness (QED) is 0.753. The Hall–Kier alpha value is -1.30. The molecule has 0 saturated heterocycles. The first-order valence-electron chi connectivity index (χ1n) is 7.77. The summed E-state index contributed by atoms with van der Waals surface area (Å²) in [5, 5.41) is 7.12. The van der Waals surface area contributed by atoms with Gasteiger partial charge in [-0.2, -0.15) is 4.37 Å². The number of anilines is 2. The number of nitrogens with zero attached hydrogens (tertiary/aromatic N) is 1. The molecule has 1 aliphatic carbocycles. The number of carbonyl (C=O) groups excluding carboxylic acids is 1. The predicted octanol–water partition coefficient (Wildman–Crippen LogP) is 3.25. The molecule has 0 radical (unpaired) electrons. The van der Waals surface area contributed by atoms with Gasteiger partial charge in [0, 0.05) is 12.6 Å². The molecule has 1 heterocycles. The molecule has 1 saturated carbocycles. The van der Waals surface area contributed by atoms with Crippen molar-refractivity contribution in [2.45, 2.75) is 58.9 Å². The fraction of sp³-hybridized carbons (Fsp3) is 0.733. The van der Waals surface area contributed by atoms with Crippen LogP contribution in [0.25, 0.3) is 0 Å². The van der Waals surface area contributed by atoms with Crippen LogP contribution in [-0.4, -0.2) is 22.9 Å². The molecule has 1 aliphatic rings. The minimum absolute atomic E-state index is 0.0847. The van der Waals surface area contributed by atoms with Gasteiger partial charge in [0.25, 0.3) is 5.91 Å². The maximum Gasteiger partial charge on any atom is 0.258 e. The number of hydrogen-bond donors (Lipinski definition) is 3. The average Bonchev–Trinajstić information content (AvgIpc) is 3.03. The number of carbonyl (C=O) groups is 1. The van der Waals surface area contributed by atoms with E-state index in [4.69, 9.17) is 5.73 Å². The molecule has 118 valence electrons. The van der Waals surface area contributed by atoms with Gasteiger partial charge in [0.15, 0.2) is 5.82 Å². The average molecular weight is 310 g/mol. The van der Waals surface area contributed by atoms with Gasteiger partial charge in [-0.25, -0.2) is 0 Å². The molecule has 1 amide bonds. The molecule has 0 unspecified atom stereocenters. The molecule has 1 fully saturated rings. The fourth-order valence-corrected chi connectivity index (χ4v) is 3.73. The fourth-order valence-electron chi connectivity index (χ4n) is 3.02. The Morgan fingerprint density at radius 3 is 2.67 bits per heavy atom. The summed E-state index contributed by atoms with van der Waals surface area (Å²) in [5.74, 6) is 0.174. The Bertz CT molecular complexity index is 492. The number of nitrogens with two attached hydrogens (primary N) is 1. The Balaban J connectivity index is 2.08. The van der Waals surface area contributed by atoms with Gasteiger partial charge in [0.05, 0.1) is 0 Å². The molecule has 21 heavy (non-hydrogen) atoms. The number of nitrogens with one attached hydrogen (secondary N) is 2. The van der Waals surface area contributed by atoms with Crippen molar-refractivity contribution in [1.29, 1.82) is 0 Å². The Morgan fingerprint density at radius 2 is 2.10 bits per heavy atom. The first kappa shape index (κ1) is 16.1. The van der Waals surface area contributed by atoms with E-state index in [1.807, 2.05) is 13.8 Å². The molecule has 2 rings (SSSR count). The minimum Gasteiger partial charge on any atom is -0.382 e. The highest BCUT2D eigenvalue weighted by atomic mass is 32.1. The van der Waals surface area contributed by atoms with Gasteiger partial charge in [-0.05, 0) is 50.1 Å². The van der Waals surface area contributed by atoms with Crippen LogP contribution in [0, 0.1) is 5.41 Å². The first-order chi connectivity index (χ1) is 9.97. The second kappa shape index (κ2) is 6.64. The molecule has 0 aliphatic heterocycles. The van der Waals surface area contributed by atoms with Crippen LogP contribution < -0.4 is 16.4 Å². The lowest BCUT2D eigenvalue weighted by Gasteiger charge is -2.28. The van der Waals surface area contributed by atoms with Crippen molar-refractivity contribution in [3.63, 3.8) is 0 Å². The van der Waals surface area contributed by atoms with Gasteiger partial charge in [-0.15, -0.1) is 0 Å². The van der Waals surface area contributed by atoms with Crippen molar-refractivity contribution in [1.82, 2.24) is 9.69 Å². The lowest BCUT2D eigenvalue weighted by atomic mass is 9.83. The maximum atomic E-state index is 12.2. The van der Waals surface area contributed by atoms with Crippen molar-refractivity contribution < 1.29 is 4.79 Å². The summed E-state index contributed by atoms with van der Waals surface area (Å²) in [6.45, 7) is 7.02. The molecule has 0 spiro atoms. The molecule has 0 bridgehead atoms. The van der Waals surface area contributed by atoms with Crippen LogP contribution in [0.5, 0.6) is 0 Å². The zero-order chi connectivity index (χ0) is 15.5. The third-order valence-electron chi connectivity index (χ3n) is 4.40. The third-order valence-corrected chi connectivity index (χ3v) is 5.22. The normalized spacial score (nSPS) is 17.1. The van der Waals surface area contributed by atoms with E-state index in [1.54, 1.807) is 0 Å². The second-order valence-electron chi connectivity index (χ2n) is 6.31. The molecule has 1 aromatic rings. The van der Waals surface area contributed by atoms with E-state index >= 15 is 0 Å². The summed E-state index contributed by atoms with van der Waals surface area (Å²) in [7, 11) is 0. The SMILES string of the molecule is CCC1(CNc2snc(N)c2C(=O)NC(C)C)CCCC1. The van der Waals surface area contributed by atoms with Gasteiger partial charge >= 0.3 is 0 Å². The molecule has 6 heteroatoms. The van der Waals surface area contributed by atoms with E-state index in [0.717, 1.165) is 11.5 Å². The van der Waals surface area contributed by atoms with Crippen molar-refractivity contribution in [3.05, 3.63) is 5.56 Å². The van der Waals surface area contributed by atoms with Gasteiger partial charge in [0.2, 0.25) is 0 Å². The molecule has 5 nitrogen and oxygen atoms in total. The monoisotopic (exact) mass is 310 g/mol. The summed E-state index contributed by atoms with van der Waals surface area (Å²) in [4.78, 5) is 12.2. The maximum absolute atomic E-state index is 12.2. The number of nitrogen functional groups attached to an aromatic ring is 1. The van der Waals surface area contributed by atoms with Gasteiger partial charge < -0.3 is 16.4 Å². The highest BCUT2D eigenvalue weighted by Gasteiger charge is 2.32. The summed E-state index contributed by atoms with van der Waals surface area (Å²) in [6, 6.07) is 0.0847. The largest absolute Gasteiger partial charge is 0.382 e. The van der Waals surface area contributed by atoms with Crippen molar-refractivity contribution in [3.8, 4) is 0 Å². The van der Waals surface area contributed by atoms with Crippen LogP contribution in [0.3, 0.4) is 0 Å². The van der Waals surface area contributed by atoms with Crippen molar-refractivity contribution >= 4 is 28.3 Å². The highest BCUT2D eigenvalue weighted by molar-refractivity contribution is 7.11. The Morgan fingerprint density at radius 1 is 1.43 bits per heavy atom. The molecular weight excluding hydrogens is 284 g/mol. The lowest BCUT2D eigenvalue weighted by Crippen LogP contribution is -2.31. The van der Waals surface area contributed by atoms with Crippen LogP contribution in [0.2, 0.25) is 0 Å².